The summed E-state index contributed by atoms with van der Waals surface area (Å²) in [5, 5.41) is 4.44. The number of fused-ring (bicyclic) bond motifs is 1. The third-order valence-electron chi connectivity index (χ3n) is 3.65. The van der Waals surface area contributed by atoms with E-state index in [-0.39, 0.29) is 32.2 Å². The maximum Gasteiger partial charge on any atom is 0.344 e. The molecule has 3 rings (SSSR count). The van der Waals surface area contributed by atoms with Crippen molar-refractivity contribution in [2.75, 3.05) is 26.3 Å². The molecule has 0 radical (unpaired) electrons. The summed E-state index contributed by atoms with van der Waals surface area (Å²) in [6, 6.07) is 10.9. The molecule has 1 aliphatic heterocycles. The second kappa shape index (κ2) is 7.52. The van der Waals surface area contributed by atoms with Gasteiger partial charge in [-0.15, -0.1) is 0 Å². The second-order valence-corrected chi connectivity index (χ2v) is 6.28. The number of hydrogen-bond donors (Lipinski definition) is 1. The largest absolute Gasteiger partial charge is 0.482 e. The van der Waals surface area contributed by atoms with Gasteiger partial charge in [-0.05, 0) is 35.0 Å². The van der Waals surface area contributed by atoms with Crippen LogP contribution in [0.3, 0.4) is 0 Å². The lowest BCUT2D eigenvalue weighted by Crippen LogP contribution is -2.34. The van der Waals surface area contributed by atoms with E-state index >= 15 is 0 Å². The first-order valence-corrected chi connectivity index (χ1v) is 8.38. The van der Waals surface area contributed by atoms with Gasteiger partial charge in [0.25, 0.3) is 0 Å². The van der Waals surface area contributed by atoms with Crippen LogP contribution >= 0.6 is 15.9 Å². The minimum atomic E-state index is -0.567. The summed E-state index contributed by atoms with van der Waals surface area (Å²) >= 11 is 3.41. The molecule has 1 aliphatic rings. The summed E-state index contributed by atoms with van der Waals surface area (Å²) in [5.41, 5.74) is 0. The summed E-state index contributed by atoms with van der Waals surface area (Å²) in [5.74, 6) is -0.344. The number of carbonyl (C=O) groups is 3. The van der Waals surface area contributed by atoms with E-state index < -0.39 is 12.0 Å². The van der Waals surface area contributed by atoms with E-state index in [0.29, 0.717) is 5.75 Å². The van der Waals surface area contributed by atoms with Gasteiger partial charge in [0.1, 0.15) is 12.4 Å². The van der Waals surface area contributed by atoms with Crippen LogP contribution in [-0.2, 0) is 14.3 Å². The topological polar surface area (TPSA) is 84.9 Å². The molecule has 0 aliphatic carbocycles. The van der Waals surface area contributed by atoms with Crippen molar-refractivity contribution < 1.29 is 23.9 Å². The molecular formula is C17H15BrN2O5. The van der Waals surface area contributed by atoms with Gasteiger partial charge in [0, 0.05) is 4.47 Å². The van der Waals surface area contributed by atoms with Crippen LogP contribution in [0.1, 0.15) is 0 Å². The zero-order valence-electron chi connectivity index (χ0n) is 13.2. The van der Waals surface area contributed by atoms with Gasteiger partial charge in [-0.2, -0.15) is 0 Å². The lowest BCUT2D eigenvalue weighted by molar-refractivity contribution is -0.147. The zero-order chi connectivity index (χ0) is 17.8. The zero-order valence-corrected chi connectivity index (χ0v) is 14.7. The van der Waals surface area contributed by atoms with Crippen molar-refractivity contribution in [2.24, 2.45) is 0 Å². The monoisotopic (exact) mass is 406 g/mol. The van der Waals surface area contributed by atoms with Crippen molar-refractivity contribution in [3.8, 4) is 5.75 Å². The molecule has 0 atom stereocenters. The van der Waals surface area contributed by atoms with Crippen molar-refractivity contribution in [2.45, 2.75) is 0 Å². The van der Waals surface area contributed by atoms with E-state index in [1.54, 1.807) is 6.07 Å². The van der Waals surface area contributed by atoms with Gasteiger partial charge in [0.2, 0.25) is 5.91 Å². The van der Waals surface area contributed by atoms with Gasteiger partial charge in [-0.1, -0.05) is 28.1 Å². The van der Waals surface area contributed by atoms with Gasteiger partial charge in [-0.25, -0.2) is 9.59 Å². The van der Waals surface area contributed by atoms with Gasteiger partial charge in [0.05, 0.1) is 13.1 Å². The van der Waals surface area contributed by atoms with Crippen LogP contribution in [0.2, 0.25) is 0 Å². The number of nitrogens with one attached hydrogen (secondary N) is 1. The number of carbonyl (C=O) groups excluding carboxylic acids is 3. The highest BCUT2D eigenvalue weighted by atomic mass is 79.9. The number of imide groups is 1. The third kappa shape index (κ3) is 4.27. The number of nitrogens with zero attached hydrogens (tertiary/aromatic N) is 1. The molecule has 2 aromatic carbocycles. The molecule has 1 fully saturated rings. The Bertz CT molecular complexity index is 823. The first-order chi connectivity index (χ1) is 12.0. The van der Waals surface area contributed by atoms with Crippen LogP contribution in [0, 0.1) is 0 Å². The molecule has 8 heteroatoms. The number of rotatable bonds is 6. The van der Waals surface area contributed by atoms with E-state index in [2.05, 4.69) is 21.2 Å². The highest BCUT2D eigenvalue weighted by molar-refractivity contribution is 9.10. The molecule has 130 valence electrons. The van der Waals surface area contributed by atoms with Crippen LogP contribution in [0.25, 0.3) is 10.8 Å². The molecule has 1 N–H and O–H groups in total. The Labute approximate surface area is 152 Å². The number of amides is 3. The summed E-state index contributed by atoms with van der Waals surface area (Å²) in [4.78, 5) is 35.4. The van der Waals surface area contributed by atoms with Crippen LogP contribution in [0.5, 0.6) is 5.75 Å². The quantitative estimate of drug-likeness (QED) is 0.586. The molecule has 1 saturated heterocycles. The fourth-order valence-electron chi connectivity index (χ4n) is 2.40. The standard InChI is InChI=1S/C17H15BrN2O5/c18-13-3-1-12-8-14(4-2-11(12)7-13)25-10-16(22)24-6-5-20-15(21)9-19-17(20)23/h1-4,7-8H,5-6,9-10H2,(H,19,23). The van der Waals surface area contributed by atoms with Crippen LogP contribution < -0.4 is 10.1 Å². The lowest BCUT2D eigenvalue weighted by Gasteiger charge is -2.12. The molecule has 0 bridgehead atoms. The Morgan fingerprint density at radius 1 is 1.16 bits per heavy atom. The number of hydrogen-bond acceptors (Lipinski definition) is 5. The van der Waals surface area contributed by atoms with Crippen molar-refractivity contribution in [1.29, 1.82) is 0 Å². The number of urea groups is 1. The van der Waals surface area contributed by atoms with Gasteiger partial charge in [0.15, 0.2) is 6.61 Å². The van der Waals surface area contributed by atoms with E-state index in [4.69, 9.17) is 9.47 Å². The molecule has 2 aromatic rings. The average Bonchev–Trinajstić information content (AvgIpc) is 2.92. The van der Waals surface area contributed by atoms with Crippen molar-refractivity contribution in [1.82, 2.24) is 10.2 Å². The summed E-state index contributed by atoms with van der Waals surface area (Å²) < 4.78 is 11.4. The molecule has 0 aromatic heterocycles. The SMILES string of the molecule is O=C(COc1ccc2cc(Br)ccc2c1)OCCN1C(=O)CNC1=O. The Morgan fingerprint density at radius 3 is 2.68 bits per heavy atom. The average molecular weight is 407 g/mol. The van der Waals surface area contributed by atoms with E-state index in [0.717, 1.165) is 20.1 Å². The number of halogens is 1. The predicted molar refractivity (Wildman–Crippen MR) is 93.2 cm³/mol. The maximum absolute atomic E-state index is 11.7. The normalized spacial score (nSPS) is 13.9. The highest BCUT2D eigenvalue weighted by Crippen LogP contribution is 2.24. The van der Waals surface area contributed by atoms with Crippen LogP contribution in [-0.4, -0.2) is 49.1 Å². The fourth-order valence-corrected chi connectivity index (χ4v) is 2.78. The van der Waals surface area contributed by atoms with E-state index in [9.17, 15) is 14.4 Å². The summed E-state index contributed by atoms with van der Waals surface area (Å²) in [7, 11) is 0. The second-order valence-electron chi connectivity index (χ2n) is 5.37. The van der Waals surface area contributed by atoms with Crippen LogP contribution in [0.15, 0.2) is 40.9 Å². The first kappa shape index (κ1) is 17.2. The fraction of sp³-hybridized carbons (Fsp3) is 0.235. The maximum atomic E-state index is 11.7. The Hall–Kier alpha value is -2.61. The number of benzene rings is 2. The van der Waals surface area contributed by atoms with Crippen LogP contribution in [0.4, 0.5) is 4.79 Å². The molecule has 0 unspecified atom stereocenters. The van der Waals surface area contributed by atoms with E-state index in [1.807, 2.05) is 30.3 Å². The molecule has 3 amide bonds. The third-order valence-corrected chi connectivity index (χ3v) is 4.14. The summed E-state index contributed by atoms with van der Waals surface area (Å²) in [6.45, 7) is -0.301. The van der Waals surface area contributed by atoms with Gasteiger partial charge < -0.3 is 14.8 Å². The number of ether oxygens (including phenoxy) is 2. The van der Waals surface area contributed by atoms with Crippen molar-refractivity contribution >= 4 is 44.6 Å². The lowest BCUT2D eigenvalue weighted by atomic mass is 10.1. The molecule has 25 heavy (non-hydrogen) atoms. The smallest absolute Gasteiger partial charge is 0.344 e. The first-order valence-electron chi connectivity index (χ1n) is 7.59. The van der Waals surface area contributed by atoms with Crippen molar-refractivity contribution in [3.63, 3.8) is 0 Å². The van der Waals surface area contributed by atoms with Gasteiger partial charge >= 0.3 is 12.0 Å². The summed E-state index contributed by atoms with van der Waals surface area (Å²) in [6.07, 6.45) is 0. The Kier molecular flexibility index (Phi) is 5.18. The highest BCUT2D eigenvalue weighted by Gasteiger charge is 2.28. The Balaban J connectivity index is 1.46. The predicted octanol–water partition coefficient (Wildman–Crippen LogP) is 2.08. The minimum Gasteiger partial charge on any atom is -0.482 e. The number of esters is 1. The molecular weight excluding hydrogens is 392 g/mol. The molecule has 0 saturated carbocycles. The van der Waals surface area contributed by atoms with Gasteiger partial charge in [-0.3, -0.25) is 9.69 Å². The molecule has 1 heterocycles. The Morgan fingerprint density at radius 2 is 1.92 bits per heavy atom. The van der Waals surface area contributed by atoms with Crippen molar-refractivity contribution in [3.05, 3.63) is 40.9 Å². The van der Waals surface area contributed by atoms with E-state index in [1.165, 1.54) is 0 Å². The molecule has 7 nitrogen and oxygen atoms in total. The molecule has 0 spiro atoms. The minimum absolute atomic E-state index is 0.0194.